The standard InChI is InChI=1S/C16H21FN2O2/c17-14-11-13(19(20)21)3-4-15(14)18-12-5-9-16(10-6-12)7-1-2-8-16/h3-4,11-12,18H,1-2,5-10H2. The summed E-state index contributed by atoms with van der Waals surface area (Å²) in [7, 11) is 0. The average Bonchev–Trinajstić information content (AvgIpc) is 2.92. The van der Waals surface area contributed by atoms with Gasteiger partial charge in [0.1, 0.15) is 0 Å². The first-order valence-electron chi connectivity index (χ1n) is 7.79. The minimum atomic E-state index is -0.572. The van der Waals surface area contributed by atoms with E-state index in [1.54, 1.807) is 0 Å². The number of rotatable bonds is 3. The zero-order valence-electron chi connectivity index (χ0n) is 12.1. The molecule has 1 aromatic carbocycles. The van der Waals surface area contributed by atoms with E-state index in [1.807, 2.05) is 0 Å². The molecule has 0 unspecified atom stereocenters. The smallest absolute Gasteiger partial charge is 0.272 e. The number of anilines is 1. The molecule has 2 fully saturated rings. The van der Waals surface area contributed by atoms with E-state index in [1.165, 1.54) is 50.7 Å². The number of hydrogen-bond donors (Lipinski definition) is 1. The van der Waals surface area contributed by atoms with Crippen LogP contribution < -0.4 is 5.32 Å². The normalized spacial score (nSPS) is 21.6. The summed E-state index contributed by atoms with van der Waals surface area (Å²) in [5.41, 5.74) is 0.742. The van der Waals surface area contributed by atoms with E-state index in [0.29, 0.717) is 11.1 Å². The molecular weight excluding hydrogens is 271 g/mol. The maximum absolute atomic E-state index is 13.9. The van der Waals surface area contributed by atoms with E-state index in [-0.39, 0.29) is 11.7 Å². The molecule has 0 saturated heterocycles. The minimum Gasteiger partial charge on any atom is -0.380 e. The second-order valence-electron chi connectivity index (χ2n) is 6.55. The predicted octanol–water partition coefficient (Wildman–Crippen LogP) is 4.65. The average molecular weight is 292 g/mol. The monoisotopic (exact) mass is 292 g/mol. The number of non-ortho nitro benzene ring substituents is 1. The maximum atomic E-state index is 13.9. The maximum Gasteiger partial charge on any atom is 0.272 e. The van der Waals surface area contributed by atoms with Gasteiger partial charge in [0.15, 0.2) is 5.82 Å². The Labute approximate surface area is 123 Å². The van der Waals surface area contributed by atoms with Crippen LogP contribution in [0.5, 0.6) is 0 Å². The molecule has 0 heterocycles. The number of nitrogens with one attached hydrogen (secondary N) is 1. The summed E-state index contributed by atoms with van der Waals surface area (Å²) in [4.78, 5) is 10.0. The largest absolute Gasteiger partial charge is 0.380 e. The molecule has 0 bridgehead atoms. The van der Waals surface area contributed by atoms with Crippen molar-refractivity contribution in [3.05, 3.63) is 34.1 Å². The highest BCUT2D eigenvalue weighted by Crippen LogP contribution is 2.49. The van der Waals surface area contributed by atoms with E-state index >= 15 is 0 Å². The van der Waals surface area contributed by atoms with Crippen molar-refractivity contribution in [1.29, 1.82) is 0 Å². The fraction of sp³-hybridized carbons (Fsp3) is 0.625. The Balaban J connectivity index is 1.61. The van der Waals surface area contributed by atoms with E-state index < -0.39 is 10.7 Å². The highest BCUT2D eigenvalue weighted by atomic mass is 19.1. The Morgan fingerprint density at radius 3 is 2.43 bits per heavy atom. The SMILES string of the molecule is O=[N+]([O-])c1ccc(NC2CCC3(CCCC3)CC2)c(F)c1. The zero-order valence-corrected chi connectivity index (χ0v) is 12.1. The van der Waals surface area contributed by atoms with Gasteiger partial charge in [-0.05, 0) is 50.0 Å². The lowest BCUT2D eigenvalue weighted by Crippen LogP contribution is -2.31. The predicted molar refractivity (Wildman–Crippen MR) is 79.8 cm³/mol. The molecule has 2 aliphatic rings. The Hall–Kier alpha value is -1.65. The van der Waals surface area contributed by atoms with Gasteiger partial charge in [0.25, 0.3) is 5.69 Å². The number of hydrogen-bond acceptors (Lipinski definition) is 3. The molecule has 1 aromatic rings. The first kappa shape index (κ1) is 14.3. The molecule has 2 saturated carbocycles. The summed E-state index contributed by atoms with van der Waals surface area (Å²) in [5.74, 6) is -0.537. The van der Waals surface area contributed by atoms with Crippen LogP contribution in [-0.4, -0.2) is 11.0 Å². The van der Waals surface area contributed by atoms with Gasteiger partial charge in [0, 0.05) is 12.1 Å². The molecule has 5 heteroatoms. The number of halogens is 1. The topological polar surface area (TPSA) is 55.2 Å². The first-order chi connectivity index (χ1) is 10.1. The molecule has 21 heavy (non-hydrogen) atoms. The van der Waals surface area contributed by atoms with Crippen LogP contribution >= 0.6 is 0 Å². The first-order valence-corrected chi connectivity index (χ1v) is 7.79. The highest BCUT2D eigenvalue weighted by Gasteiger charge is 2.37. The fourth-order valence-corrected chi connectivity index (χ4v) is 3.95. The summed E-state index contributed by atoms with van der Waals surface area (Å²) < 4.78 is 13.9. The Kier molecular flexibility index (Phi) is 3.83. The third-order valence-corrected chi connectivity index (χ3v) is 5.23. The van der Waals surface area contributed by atoms with Crippen molar-refractivity contribution in [2.75, 3.05) is 5.32 Å². The van der Waals surface area contributed by atoms with Crippen molar-refractivity contribution in [1.82, 2.24) is 0 Å². The zero-order chi connectivity index (χ0) is 14.9. The highest BCUT2D eigenvalue weighted by molar-refractivity contribution is 5.50. The van der Waals surface area contributed by atoms with Gasteiger partial charge in [0.2, 0.25) is 0 Å². The van der Waals surface area contributed by atoms with E-state index in [9.17, 15) is 14.5 Å². The third kappa shape index (κ3) is 3.01. The van der Waals surface area contributed by atoms with Crippen molar-refractivity contribution in [3.63, 3.8) is 0 Å². The second-order valence-corrected chi connectivity index (χ2v) is 6.55. The molecule has 4 nitrogen and oxygen atoms in total. The molecule has 1 spiro atoms. The van der Waals surface area contributed by atoms with Gasteiger partial charge < -0.3 is 5.32 Å². The number of nitro groups is 1. The minimum absolute atomic E-state index is 0.202. The van der Waals surface area contributed by atoms with Crippen molar-refractivity contribution >= 4 is 11.4 Å². The summed E-state index contributed by atoms with van der Waals surface area (Å²) in [6, 6.07) is 4.11. The fourth-order valence-electron chi connectivity index (χ4n) is 3.95. The van der Waals surface area contributed by atoms with Crippen LogP contribution in [0.25, 0.3) is 0 Å². The van der Waals surface area contributed by atoms with Gasteiger partial charge in [-0.25, -0.2) is 4.39 Å². The van der Waals surface area contributed by atoms with Crippen molar-refractivity contribution in [3.8, 4) is 0 Å². The molecule has 0 amide bonds. The van der Waals surface area contributed by atoms with Gasteiger partial charge in [-0.1, -0.05) is 12.8 Å². The van der Waals surface area contributed by atoms with Crippen LogP contribution in [0.4, 0.5) is 15.8 Å². The molecule has 0 radical (unpaired) electrons. The lowest BCUT2D eigenvalue weighted by atomic mass is 9.71. The number of nitrogens with zero attached hydrogens (tertiary/aromatic N) is 1. The van der Waals surface area contributed by atoms with Gasteiger partial charge in [0.05, 0.1) is 16.7 Å². The molecule has 114 valence electrons. The molecule has 2 aliphatic carbocycles. The van der Waals surface area contributed by atoms with Gasteiger partial charge in [-0.2, -0.15) is 0 Å². The molecule has 3 rings (SSSR count). The molecular formula is C16H21FN2O2. The Morgan fingerprint density at radius 1 is 1.19 bits per heavy atom. The van der Waals surface area contributed by atoms with Crippen molar-refractivity contribution in [2.24, 2.45) is 5.41 Å². The van der Waals surface area contributed by atoms with Crippen LogP contribution in [0.3, 0.4) is 0 Å². The van der Waals surface area contributed by atoms with Crippen molar-refractivity contribution < 1.29 is 9.31 Å². The van der Waals surface area contributed by atoms with E-state index in [4.69, 9.17) is 0 Å². The molecule has 0 aliphatic heterocycles. The Bertz CT molecular complexity index is 531. The van der Waals surface area contributed by atoms with Crippen LogP contribution in [0.1, 0.15) is 51.4 Å². The van der Waals surface area contributed by atoms with Crippen LogP contribution in [0.2, 0.25) is 0 Å². The molecule has 0 atom stereocenters. The van der Waals surface area contributed by atoms with Gasteiger partial charge >= 0.3 is 0 Å². The van der Waals surface area contributed by atoms with Gasteiger partial charge in [-0.15, -0.1) is 0 Å². The van der Waals surface area contributed by atoms with E-state index in [2.05, 4.69) is 5.32 Å². The van der Waals surface area contributed by atoms with Crippen LogP contribution in [-0.2, 0) is 0 Å². The lowest BCUT2D eigenvalue weighted by Gasteiger charge is -2.37. The lowest BCUT2D eigenvalue weighted by molar-refractivity contribution is -0.385. The number of benzene rings is 1. The summed E-state index contributed by atoms with van der Waals surface area (Å²) in [6.07, 6.45) is 9.99. The van der Waals surface area contributed by atoms with E-state index in [0.717, 1.165) is 18.9 Å². The molecule has 1 N–H and O–H groups in total. The quantitative estimate of drug-likeness (QED) is 0.651. The van der Waals surface area contributed by atoms with Crippen molar-refractivity contribution in [2.45, 2.75) is 57.4 Å². The second kappa shape index (κ2) is 5.62. The summed E-state index contributed by atoms with van der Waals surface area (Å²) >= 11 is 0. The third-order valence-electron chi connectivity index (χ3n) is 5.23. The molecule has 0 aromatic heterocycles. The van der Waals surface area contributed by atoms with Crippen LogP contribution in [0, 0.1) is 21.3 Å². The summed E-state index contributed by atoms with van der Waals surface area (Å²) in [5, 5.41) is 13.8. The Morgan fingerprint density at radius 2 is 1.86 bits per heavy atom. The van der Waals surface area contributed by atoms with Gasteiger partial charge in [-0.3, -0.25) is 10.1 Å². The van der Waals surface area contributed by atoms with Crippen LogP contribution in [0.15, 0.2) is 18.2 Å². The summed E-state index contributed by atoms with van der Waals surface area (Å²) in [6.45, 7) is 0. The number of nitro benzene ring substituents is 1.